The van der Waals surface area contributed by atoms with Gasteiger partial charge in [-0.2, -0.15) is 0 Å². The molecule has 82 valence electrons. The maximum Gasteiger partial charge on any atom is 0.138 e. The van der Waals surface area contributed by atoms with Crippen molar-refractivity contribution in [2.75, 3.05) is 7.11 Å². The number of ether oxygens (including phenoxy) is 1. The Morgan fingerprint density at radius 1 is 1.53 bits per heavy atom. The maximum absolute atomic E-state index is 9.35. The van der Waals surface area contributed by atoms with E-state index in [0.717, 1.165) is 15.8 Å². The fourth-order valence-electron chi connectivity index (χ4n) is 2.11. The Morgan fingerprint density at radius 2 is 2.20 bits per heavy atom. The largest absolute Gasteiger partial charge is 0.495 e. The molecule has 0 bridgehead atoms. The van der Waals surface area contributed by atoms with E-state index in [1.807, 2.05) is 18.2 Å². The molecule has 15 heavy (non-hydrogen) atoms. The molecule has 1 aliphatic rings. The zero-order valence-corrected chi connectivity index (χ0v) is 10.1. The first-order chi connectivity index (χ1) is 7.07. The number of aliphatic hydroxyl groups excluding tert-OH is 1. The van der Waals surface area contributed by atoms with E-state index < -0.39 is 5.54 Å². The molecule has 0 radical (unpaired) electrons. The molecule has 0 amide bonds. The van der Waals surface area contributed by atoms with Crippen LogP contribution in [0.5, 0.6) is 5.75 Å². The minimum absolute atomic E-state index is 0.279. The Kier molecular flexibility index (Phi) is 2.75. The van der Waals surface area contributed by atoms with Crippen molar-refractivity contribution in [1.82, 2.24) is 0 Å². The van der Waals surface area contributed by atoms with Crippen LogP contribution in [0.15, 0.2) is 22.7 Å². The number of rotatable bonds is 2. The summed E-state index contributed by atoms with van der Waals surface area (Å²) in [6.07, 6.45) is 0.915. The van der Waals surface area contributed by atoms with Crippen LogP contribution in [0.25, 0.3) is 0 Å². The topological polar surface area (TPSA) is 55.5 Å². The lowest BCUT2D eigenvalue weighted by Gasteiger charge is -2.43. The smallest absolute Gasteiger partial charge is 0.138 e. The van der Waals surface area contributed by atoms with Gasteiger partial charge in [0.2, 0.25) is 0 Å². The molecule has 1 aromatic carbocycles. The molecule has 0 aromatic heterocycles. The van der Waals surface area contributed by atoms with Crippen molar-refractivity contribution in [3.63, 3.8) is 0 Å². The number of benzene rings is 1. The van der Waals surface area contributed by atoms with Crippen molar-refractivity contribution < 1.29 is 9.84 Å². The van der Waals surface area contributed by atoms with Crippen LogP contribution in [-0.4, -0.2) is 18.3 Å². The molecule has 2 rings (SSSR count). The van der Waals surface area contributed by atoms with Crippen LogP contribution in [0, 0.1) is 0 Å². The standard InChI is InChI=1S/C11H14BrNO2/c1-15-10-8(3-2-4-9(10)12)11(13)5-7(14)6-11/h2-4,7,14H,5-6,13H2,1H3. The number of hydrogen-bond acceptors (Lipinski definition) is 3. The molecule has 0 spiro atoms. The SMILES string of the molecule is COc1c(Br)cccc1C1(N)CC(O)C1. The summed E-state index contributed by atoms with van der Waals surface area (Å²) in [5.74, 6) is 0.770. The lowest BCUT2D eigenvalue weighted by Crippen LogP contribution is -2.51. The van der Waals surface area contributed by atoms with Gasteiger partial charge in [0.1, 0.15) is 5.75 Å². The molecule has 0 heterocycles. The normalized spacial score (nSPS) is 29.7. The molecule has 3 N–H and O–H groups in total. The summed E-state index contributed by atoms with van der Waals surface area (Å²) in [7, 11) is 1.63. The molecule has 0 aliphatic heterocycles. The quantitative estimate of drug-likeness (QED) is 0.862. The van der Waals surface area contributed by atoms with Gasteiger partial charge in [0.05, 0.1) is 17.7 Å². The molecule has 4 heteroatoms. The lowest BCUT2D eigenvalue weighted by atomic mass is 9.70. The average Bonchev–Trinajstić information content (AvgIpc) is 2.15. The third-order valence-electron chi connectivity index (χ3n) is 2.91. The zero-order valence-electron chi connectivity index (χ0n) is 8.53. The third-order valence-corrected chi connectivity index (χ3v) is 3.53. The number of hydrogen-bond donors (Lipinski definition) is 2. The fourth-order valence-corrected chi connectivity index (χ4v) is 2.64. The van der Waals surface area contributed by atoms with Crippen molar-refractivity contribution >= 4 is 15.9 Å². The second-order valence-electron chi connectivity index (χ2n) is 4.04. The minimum Gasteiger partial charge on any atom is -0.495 e. The summed E-state index contributed by atoms with van der Waals surface area (Å²) in [5.41, 5.74) is 6.73. The highest BCUT2D eigenvalue weighted by atomic mass is 79.9. The van der Waals surface area contributed by atoms with E-state index in [-0.39, 0.29) is 6.10 Å². The summed E-state index contributed by atoms with van der Waals surface area (Å²) in [4.78, 5) is 0. The lowest BCUT2D eigenvalue weighted by molar-refractivity contribution is 0.0198. The highest BCUT2D eigenvalue weighted by molar-refractivity contribution is 9.10. The van der Waals surface area contributed by atoms with Gasteiger partial charge in [-0.3, -0.25) is 0 Å². The van der Waals surface area contributed by atoms with Gasteiger partial charge >= 0.3 is 0 Å². The molecule has 3 nitrogen and oxygen atoms in total. The Morgan fingerprint density at radius 3 is 2.73 bits per heavy atom. The van der Waals surface area contributed by atoms with Crippen LogP contribution in [0.3, 0.4) is 0 Å². The van der Waals surface area contributed by atoms with Gasteiger partial charge in [0.15, 0.2) is 0 Å². The number of methoxy groups -OCH3 is 1. The maximum atomic E-state index is 9.35. The number of aliphatic hydroxyl groups is 1. The molecule has 1 fully saturated rings. The molecule has 0 atom stereocenters. The monoisotopic (exact) mass is 271 g/mol. The number of nitrogens with two attached hydrogens (primary N) is 1. The van der Waals surface area contributed by atoms with E-state index in [2.05, 4.69) is 15.9 Å². The van der Waals surface area contributed by atoms with Crippen molar-refractivity contribution in [2.45, 2.75) is 24.5 Å². The van der Waals surface area contributed by atoms with Crippen LogP contribution in [0.2, 0.25) is 0 Å². The van der Waals surface area contributed by atoms with E-state index in [4.69, 9.17) is 10.5 Å². The predicted octanol–water partition coefficient (Wildman–Crippen LogP) is 1.77. The Hall–Kier alpha value is -0.580. The zero-order chi connectivity index (χ0) is 11.1. The predicted molar refractivity (Wildman–Crippen MR) is 61.8 cm³/mol. The molecular formula is C11H14BrNO2. The summed E-state index contributed by atoms with van der Waals surface area (Å²) in [5, 5.41) is 9.35. The first-order valence-corrected chi connectivity index (χ1v) is 5.66. The van der Waals surface area contributed by atoms with E-state index >= 15 is 0 Å². The molecule has 0 unspecified atom stereocenters. The van der Waals surface area contributed by atoms with Crippen LogP contribution >= 0.6 is 15.9 Å². The fraction of sp³-hybridized carbons (Fsp3) is 0.455. The van der Waals surface area contributed by atoms with E-state index in [1.165, 1.54) is 0 Å². The number of para-hydroxylation sites is 1. The molecule has 1 saturated carbocycles. The summed E-state index contributed by atoms with van der Waals surface area (Å²) in [6.45, 7) is 0. The van der Waals surface area contributed by atoms with Gasteiger partial charge in [-0.05, 0) is 34.8 Å². The van der Waals surface area contributed by atoms with Crippen LogP contribution < -0.4 is 10.5 Å². The Bertz CT molecular complexity index is 375. The Balaban J connectivity index is 2.40. The highest BCUT2D eigenvalue weighted by Crippen LogP contribution is 2.44. The molecular weight excluding hydrogens is 258 g/mol. The van der Waals surface area contributed by atoms with Gasteiger partial charge in [-0.25, -0.2) is 0 Å². The third kappa shape index (κ3) is 1.77. The Labute approximate surface area is 97.4 Å². The first kappa shape index (κ1) is 10.9. The van der Waals surface area contributed by atoms with Gasteiger partial charge < -0.3 is 15.6 Å². The average molecular weight is 272 g/mol. The van der Waals surface area contributed by atoms with Crippen molar-refractivity contribution in [2.24, 2.45) is 5.73 Å². The van der Waals surface area contributed by atoms with Crippen molar-refractivity contribution in [3.05, 3.63) is 28.2 Å². The molecule has 0 saturated heterocycles. The number of halogens is 1. The highest BCUT2D eigenvalue weighted by Gasteiger charge is 2.43. The van der Waals surface area contributed by atoms with Crippen molar-refractivity contribution in [1.29, 1.82) is 0 Å². The van der Waals surface area contributed by atoms with E-state index in [1.54, 1.807) is 7.11 Å². The first-order valence-electron chi connectivity index (χ1n) is 4.87. The van der Waals surface area contributed by atoms with E-state index in [0.29, 0.717) is 12.8 Å². The molecule has 1 aliphatic carbocycles. The van der Waals surface area contributed by atoms with Gasteiger partial charge in [-0.1, -0.05) is 12.1 Å². The minimum atomic E-state index is -0.436. The second-order valence-corrected chi connectivity index (χ2v) is 4.89. The van der Waals surface area contributed by atoms with Crippen LogP contribution in [0.4, 0.5) is 0 Å². The van der Waals surface area contributed by atoms with Gasteiger partial charge in [0.25, 0.3) is 0 Å². The van der Waals surface area contributed by atoms with Gasteiger partial charge in [0, 0.05) is 11.1 Å². The second kappa shape index (κ2) is 3.77. The van der Waals surface area contributed by atoms with Crippen LogP contribution in [0.1, 0.15) is 18.4 Å². The van der Waals surface area contributed by atoms with Gasteiger partial charge in [-0.15, -0.1) is 0 Å². The summed E-state index contributed by atoms with van der Waals surface area (Å²) < 4.78 is 6.22. The molecule has 1 aromatic rings. The van der Waals surface area contributed by atoms with Crippen LogP contribution in [-0.2, 0) is 5.54 Å². The van der Waals surface area contributed by atoms with E-state index in [9.17, 15) is 5.11 Å². The van der Waals surface area contributed by atoms with Crippen molar-refractivity contribution in [3.8, 4) is 5.75 Å². The summed E-state index contributed by atoms with van der Waals surface area (Å²) >= 11 is 3.43. The summed E-state index contributed by atoms with van der Waals surface area (Å²) in [6, 6.07) is 5.80.